The highest BCUT2D eigenvalue weighted by Gasteiger charge is 2.37. The van der Waals surface area contributed by atoms with Crippen molar-refractivity contribution in [1.82, 2.24) is 63.5 Å². The van der Waals surface area contributed by atoms with Gasteiger partial charge in [-0.15, -0.1) is 0 Å². The molecule has 0 saturated heterocycles. The molecule has 11 atom stereocenters. The number of amides is 11. The number of aliphatic hydroxyl groups is 3. The van der Waals surface area contributed by atoms with E-state index in [2.05, 4.69) is 52.8 Å². The van der Waals surface area contributed by atoms with E-state index in [0.29, 0.717) is 33.2 Å². The molecule has 0 unspecified atom stereocenters. The number of carboxylic acid groups (broad SMARTS) is 4. The number of rotatable bonds is 42. The van der Waals surface area contributed by atoms with Crippen molar-refractivity contribution in [2.24, 2.45) is 5.73 Å². The Balaban J connectivity index is 1.32. The molecule has 0 aliphatic rings. The molecule has 554 valence electrons. The number of aromatic hydroxyl groups is 2. The first-order valence-corrected chi connectivity index (χ1v) is 31.8. The fraction of sp³-hybridized carbons (Fsp3) is 0.379. The van der Waals surface area contributed by atoms with Gasteiger partial charge in [0.05, 0.1) is 32.8 Å². The Morgan fingerprint density at radius 1 is 0.379 bits per heavy atom. The standard InChI is InChI=1S/C66H81N13O24/c1-33(69-59(95)45(24-36-13-17-39(84)18-14-36)74-57(93)42(19-21-53(86)87)71-60(96)44(70-52(85)28-67)23-35-11-15-38(83)16-12-35)56(92)73-46(26-37-29-68-41-10-6-5-9-40(37)41)61(97)78-51(32-82)65(101)79-49(30-80)63(99)72-43(20-22-54(88)89)58(94)77-50(31-81)64(100)75-47(27-55(90)91)62(98)76-48(66(102)103)25-34-7-3-2-4-8-34/h2-18,29,33,42-51,68,80-84H,19-28,30-32,67H2,1H3,(H,69,95)(H,70,85)(H,71,96)(H,72,99)(H,73,92)(H,74,93)(H,75,100)(H,76,98)(H,77,94)(H,78,97)(H,79,101)(H,86,87)(H,88,89)(H,90,91)(H,102,103)/t33-,42-,43-,44-,45-,46-,47-,48-,49-,50-,51-/m0/s1. The van der Waals surface area contributed by atoms with Gasteiger partial charge in [-0.2, -0.15) is 0 Å². The van der Waals surface area contributed by atoms with E-state index in [9.17, 15) is 118 Å². The number of nitrogens with one attached hydrogen (secondary N) is 12. The second-order valence-electron chi connectivity index (χ2n) is 23.4. The van der Waals surface area contributed by atoms with Crippen molar-refractivity contribution in [1.29, 1.82) is 0 Å². The van der Waals surface area contributed by atoms with E-state index in [1.165, 1.54) is 61.7 Å². The fourth-order valence-corrected chi connectivity index (χ4v) is 10.1. The van der Waals surface area contributed by atoms with E-state index in [0.717, 1.165) is 0 Å². The van der Waals surface area contributed by atoms with Crippen LogP contribution in [0.1, 0.15) is 61.3 Å². The zero-order chi connectivity index (χ0) is 76.0. The van der Waals surface area contributed by atoms with Crippen LogP contribution in [0.4, 0.5) is 0 Å². The van der Waals surface area contributed by atoms with Gasteiger partial charge in [0.2, 0.25) is 65.0 Å². The smallest absolute Gasteiger partial charge is 0.326 e. The maximum Gasteiger partial charge on any atom is 0.326 e. The van der Waals surface area contributed by atoms with Crippen molar-refractivity contribution in [3.05, 3.63) is 132 Å². The Bertz CT molecular complexity index is 3840. The summed E-state index contributed by atoms with van der Waals surface area (Å²) in [6.07, 6.45) is -3.78. The lowest BCUT2D eigenvalue weighted by Gasteiger charge is -2.27. The number of aliphatic hydroxyl groups excluding tert-OH is 3. The van der Waals surface area contributed by atoms with Crippen LogP contribution in [-0.4, -0.2) is 233 Å². The Hall–Kier alpha value is -12.1. The number of nitrogens with two attached hydrogens (primary N) is 1. The zero-order valence-corrected chi connectivity index (χ0v) is 55.2. The Kier molecular flexibility index (Phi) is 31.9. The SMILES string of the molecule is C[C@H](NC(=O)[C@H](Cc1ccc(O)cc1)NC(=O)[C@H](CCC(=O)O)NC(=O)[C@H](Cc1ccc(O)cc1)NC(=O)CN)C(=O)N[C@@H](Cc1c[nH]c2ccccc12)C(=O)N[C@@H](CO)C(=O)N[C@@H](CO)C(=O)N[C@@H](CCC(=O)O)C(=O)N[C@@H](CO)C(=O)N[C@@H](CC(=O)O)C(=O)N[C@@H](Cc1ccccc1)C(=O)O. The average molecular weight is 1440 g/mol. The molecule has 0 aliphatic heterocycles. The molecule has 5 rings (SSSR count). The first-order valence-electron chi connectivity index (χ1n) is 31.8. The molecule has 103 heavy (non-hydrogen) atoms. The third kappa shape index (κ3) is 26.5. The average Bonchev–Trinajstić information content (AvgIpc) is 1.73. The van der Waals surface area contributed by atoms with Gasteiger partial charge in [0.15, 0.2) is 0 Å². The lowest BCUT2D eigenvalue weighted by molar-refractivity contribution is -0.144. The van der Waals surface area contributed by atoms with E-state index in [1.807, 2.05) is 10.6 Å². The molecule has 23 N–H and O–H groups in total. The van der Waals surface area contributed by atoms with Crippen LogP contribution < -0.4 is 64.2 Å². The van der Waals surface area contributed by atoms with Crippen LogP contribution in [0, 0.1) is 0 Å². The molecule has 0 radical (unpaired) electrons. The first kappa shape index (κ1) is 81.6. The lowest BCUT2D eigenvalue weighted by Crippen LogP contribution is -2.62. The molecule has 5 aromatic rings. The summed E-state index contributed by atoms with van der Waals surface area (Å²) in [6.45, 7) is -3.19. The van der Waals surface area contributed by atoms with Gasteiger partial charge in [-0.05, 0) is 72.4 Å². The summed E-state index contributed by atoms with van der Waals surface area (Å²) in [6, 6.07) is 5.54. The molecule has 37 nitrogen and oxygen atoms in total. The molecule has 0 fully saturated rings. The third-order valence-corrected chi connectivity index (χ3v) is 15.6. The van der Waals surface area contributed by atoms with Crippen LogP contribution in [0.25, 0.3) is 10.9 Å². The largest absolute Gasteiger partial charge is 0.508 e. The minimum atomic E-state index is -2.09. The summed E-state index contributed by atoms with van der Waals surface area (Å²) in [5.41, 5.74) is 7.67. The highest BCUT2D eigenvalue weighted by molar-refractivity contribution is 6.00. The highest BCUT2D eigenvalue weighted by atomic mass is 16.4. The summed E-state index contributed by atoms with van der Waals surface area (Å²) >= 11 is 0. The summed E-state index contributed by atoms with van der Waals surface area (Å²) in [5, 5.41) is 115. The molecule has 11 amide bonds. The van der Waals surface area contributed by atoms with Crippen molar-refractivity contribution < 1.29 is 118 Å². The number of aromatic amines is 1. The molecule has 1 aromatic heterocycles. The summed E-state index contributed by atoms with van der Waals surface area (Å²) in [4.78, 5) is 202. The number of phenols is 2. The van der Waals surface area contributed by atoms with Crippen LogP contribution >= 0.6 is 0 Å². The Morgan fingerprint density at radius 2 is 0.728 bits per heavy atom. The number of fused-ring (bicyclic) bond motifs is 1. The van der Waals surface area contributed by atoms with Gasteiger partial charge in [0.25, 0.3) is 0 Å². The lowest BCUT2D eigenvalue weighted by atomic mass is 10.0. The predicted molar refractivity (Wildman–Crippen MR) is 357 cm³/mol. The van der Waals surface area contributed by atoms with E-state index in [1.54, 1.807) is 54.6 Å². The fourth-order valence-electron chi connectivity index (χ4n) is 10.1. The second-order valence-corrected chi connectivity index (χ2v) is 23.4. The molecule has 0 bridgehead atoms. The number of carbonyl (C=O) groups excluding carboxylic acids is 11. The molecule has 0 saturated carbocycles. The van der Waals surface area contributed by atoms with Crippen molar-refractivity contribution in [3.8, 4) is 11.5 Å². The van der Waals surface area contributed by atoms with Crippen LogP contribution in [0.2, 0.25) is 0 Å². The quantitative estimate of drug-likeness (QED) is 0.0173. The van der Waals surface area contributed by atoms with E-state index < -0.39 is 214 Å². The maximum atomic E-state index is 14.4. The van der Waals surface area contributed by atoms with Gasteiger partial charge in [-0.25, -0.2) is 4.79 Å². The van der Waals surface area contributed by atoms with Crippen LogP contribution in [0.15, 0.2) is 109 Å². The van der Waals surface area contributed by atoms with E-state index in [-0.39, 0.29) is 37.2 Å². The van der Waals surface area contributed by atoms with Gasteiger partial charge >= 0.3 is 23.9 Å². The number of carboxylic acids is 4. The van der Waals surface area contributed by atoms with Crippen LogP contribution in [-0.2, 0) is 97.6 Å². The first-order chi connectivity index (χ1) is 48.9. The minimum absolute atomic E-state index is 0.109. The summed E-state index contributed by atoms with van der Waals surface area (Å²) in [5.74, 6) is -19.6. The van der Waals surface area contributed by atoms with Crippen molar-refractivity contribution >= 4 is 99.8 Å². The summed E-state index contributed by atoms with van der Waals surface area (Å²) < 4.78 is 0. The Morgan fingerprint density at radius 3 is 1.17 bits per heavy atom. The summed E-state index contributed by atoms with van der Waals surface area (Å²) in [7, 11) is 0. The van der Waals surface area contributed by atoms with Crippen molar-refractivity contribution in [2.45, 2.75) is 131 Å². The second kappa shape index (κ2) is 40.2. The minimum Gasteiger partial charge on any atom is -0.508 e. The monoisotopic (exact) mass is 1440 g/mol. The van der Waals surface area contributed by atoms with E-state index >= 15 is 0 Å². The van der Waals surface area contributed by atoms with Gasteiger partial charge in [0.1, 0.15) is 78.0 Å². The number of hydrogen-bond donors (Lipinski definition) is 22. The molecule has 0 spiro atoms. The number of aromatic nitrogens is 1. The normalized spacial score (nSPS) is 14.2. The van der Waals surface area contributed by atoms with Crippen LogP contribution in [0.3, 0.4) is 0 Å². The number of phenolic OH excluding ortho intramolecular Hbond substituents is 2. The third-order valence-electron chi connectivity index (χ3n) is 15.6. The van der Waals surface area contributed by atoms with Gasteiger partial charge in [-0.1, -0.05) is 72.8 Å². The number of benzene rings is 4. The van der Waals surface area contributed by atoms with Gasteiger partial charge < -0.3 is 115 Å². The molecule has 1 heterocycles. The van der Waals surface area contributed by atoms with E-state index in [4.69, 9.17) is 5.73 Å². The van der Waals surface area contributed by atoms with Gasteiger partial charge in [0, 0.05) is 55.6 Å². The highest BCUT2D eigenvalue weighted by Crippen LogP contribution is 2.20. The number of H-pyrrole nitrogens is 1. The molecule has 37 heteroatoms. The topological polar surface area (TPSA) is 612 Å². The van der Waals surface area contributed by atoms with Crippen molar-refractivity contribution in [2.75, 3.05) is 26.4 Å². The Labute approximate surface area is 585 Å². The number of hydrogen-bond acceptors (Lipinski definition) is 21. The predicted octanol–water partition coefficient (Wildman–Crippen LogP) is -5.57. The molecule has 0 aliphatic carbocycles. The van der Waals surface area contributed by atoms with Gasteiger partial charge in [-0.3, -0.25) is 67.1 Å². The number of carbonyl (C=O) groups is 15. The number of aliphatic carboxylic acids is 4. The number of para-hydroxylation sites is 1. The van der Waals surface area contributed by atoms with Crippen LogP contribution in [0.5, 0.6) is 11.5 Å². The van der Waals surface area contributed by atoms with Crippen molar-refractivity contribution in [3.63, 3.8) is 0 Å². The molecular weight excluding hydrogens is 1360 g/mol. The molecular formula is C66H81N13O24. The maximum absolute atomic E-state index is 14.4. The molecule has 4 aromatic carbocycles. The zero-order valence-electron chi connectivity index (χ0n) is 55.2.